The van der Waals surface area contributed by atoms with E-state index < -0.39 is 0 Å². The van der Waals surface area contributed by atoms with E-state index in [4.69, 9.17) is 0 Å². The third-order valence-electron chi connectivity index (χ3n) is 2.69. The lowest BCUT2D eigenvalue weighted by Crippen LogP contribution is -2.50. The van der Waals surface area contributed by atoms with Gasteiger partial charge in [-0.2, -0.15) is 0 Å². The molecule has 1 aliphatic rings. The Kier molecular flexibility index (Phi) is 5.25. The van der Waals surface area contributed by atoms with E-state index in [9.17, 15) is 0 Å². The van der Waals surface area contributed by atoms with E-state index in [-0.39, 0.29) is 6.17 Å². The lowest BCUT2D eigenvalue weighted by atomic mass is 10.2. The van der Waals surface area contributed by atoms with Crippen molar-refractivity contribution in [3.05, 3.63) is 0 Å². The summed E-state index contributed by atoms with van der Waals surface area (Å²) in [5.74, 6) is 1.87. The van der Waals surface area contributed by atoms with Crippen molar-refractivity contribution in [1.29, 1.82) is 0 Å². The Morgan fingerprint density at radius 1 is 1.29 bits per heavy atom. The molecule has 0 aromatic heterocycles. The van der Waals surface area contributed by atoms with Gasteiger partial charge in [-0.3, -0.25) is 4.90 Å². The van der Waals surface area contributed by atoms with Crippen LogP contribution in [0.25, 0.3) is 0 Å². The summed E-state index contributed by atoms with van der Waals surface area (Å²) in [6.45, 7) is 5.19. The fourth-order valence-corrected chi connectivity index (χ4v) is 1.80. The first-order valence-corrected chi connectivity index (χ1v) is 6.36. The number of aliphatic imine (C=N–C) groups is 2. The van der Waals surface area contributed by atoms with Crippen LogP contribution in [0, 0.1) is 0 Å². The van der Waals surface area contributed by atoms with Crippen molar-refractivity contribution in [2.45, 2.75) is 39.3 Å². The normalized spacial score (nSPS) is 19.8. The SMILES string of the molecule is CCCCCNC1=NC(C)N=C(N(C)C)N1C. The molecule has 98 valence electrons. The van der Waals surface area contributed by atoms with Crippen LogP contribution in [-0.2, 0) is 0 Å². The van der Waals surface area contributed by atoms with Crippen molar-refractivity contribution in [3.63, 3.8) is 0 Å². The van der Waals surface area contributed by atoms with Gasteiger partial charge in [-0.25, -0.2) is 9.98 Å². The standard InChI is InChI=1S/C12H25N5/c1-6-7-8-9-13-11-14-10(2)15-12(16(3)4)17(11)5/h10H,6-9H2,1-5H3,(H,13,14). The summed E-state index contributed by atoms with van der Waals surface area (Å²) >= 11 is 0. The van der Waals surface area contributed by atoms with Gasteiger partial charge in [0.2, 0.25) is 11.9 Å². The van der Waals surface area contributed by atoms with Crippen LogP contribution in [0.5, 0.6) is 0 Å². The van der Waals surface area contributed by atoms with Gasteiger partial charge in [0, 0.05) is 27.7 Å². The molecule has 0 radical (unpaired) electrons. The molecule has 0 fully saturated rings. The van der Waals surface area contributed by atoms with Crippen molar-refractivity contribution in [1.82, 2.24) is 15.1 Å². The van der Waals surface area contributed by atoms with Gasteiger partial charge in [-0.1, -0.05) is 19.8 Å². The molecule has 0 saturated heterocycles. The second-order valence-corrected chi connectivity index (χ2v) is 4.60. The molecule has 0 saturated carbocycles. The molecule has 1 aliphatic heterocycles. The van der Waals surface area contributed by atoms with Crippen LogP contribution in [0.2, 0.25) is 0 Å². The van der Waals surface area contributed by atoms with E-state index in [1.54, 1.807) is 0 Å². The molecule has 0 aromatic carbocycles. The summed E-state index contributed by atoms with van der Waals surface area (Å²) in [5.41, 5.74) is 0. The molecular weight excluding hydrogens is 214 g/mol. The number of rotatable bonds is 4. The van der Waals surface area contributed by atoms with Crippen LogP contribution in [0.4, 0.5) is 0 Å². The molecular formula is C12H25N5. The number of nitrogens with one attached hydrogen (secondary N) is 1. The van der Waals surface area contributed by atoms with Gasteiger partial charge in [0.05, 0.1) is 0 Å². The molecule has 0 spiro atoms. The Morgan fingerprint density at radius 2 is 2.00 bits per heavy atom. The zero-order valence-electron chi connectivity index (χ0n) is 11.7. The fourth-order valence-electron chi connectivity index (χ4n) is 1.80. The van der Waals surface area contributed by atoms with E-state index in [1.807, 2.05) is 37.9 Å². The van der Waals surface area contributed by atoms with Crippen LogP contribution < -0.4 is 5.32 Å². The smallest absolute Gasteiger partial charge is 0.204 e. The maximum absolute atomic E-state index is 4.51. The number of hydrogen-bond donors (Lipinski definition) is 1. The molecule has 1 rings (SSSR count). The fraction of sp³-hybridized carbons (Fsp3) is 0.833. The first-order valence-electron chi connectivity index (χ1n) is 6.36. The third kappa shape index (κ3) is 3.91. The summed E-state index contributed by atoms with van der Waals surface area (Å²) in [5, 5.41) is 3.39. The first kappa shape index (κ1) is 13.8. The molecule has 0 aromatic rings. The van der Waals surface area contributed by atoms with Crippen molar-refractivity contribution in [3.8, 4) is 0 Å². The van der Waals surface area contributed by atoms with Crippen molar-refractivity contribution in [2.24, 2.45) is 9.98 Å². The summed E-state index contributed by atoms with van der Waals surface area (Å²) in [6.07, 6.45) is 3.68. The molecule has 0 aliphatic carbocycles. The van der Waals surface area contributed by atoms with Crippen LogP contribution in [0.3, 0.4) is 0 Å². The molecule has 0 bridgehead atoms. The zero-order valence-corrected chi connectivity index (χ0v) is 11.7. The van der Waals surface area contributed by atoms with E-state index >= 15 is 0 Å². The maximum Gasteiger partial charge on any atom is 0.204 e. The third-order valence-corrected chi connectivity index (χ3v) is 2.69. The molecule has 5 nitrogen and oxygen atoms in total. The lowest BCUT2D eigenvalue weighted by molar-refractivity contribution is 0.490. The van der Waals surface area contributed by atoms with Gasteiger partial charge < -0.3 is 10.2 Å². The van der Waals surface area contributed by atoms with Gasteiger partial charge in [-0.05, 0) is 13.3 Å². The van der Waals surface area contributed by atoms with Crippen molar-refractivity contribution >= 4 is 11.9 Å². The highest BCUT2D eigenvalue weighted by Crippen LogP contribution is 2.06. The highest BCUT2D eigenvalue weighted by molar-refractivity contribution is 5.99. The summed E-state index contributed by atoms with van der Waals surface area (Å²) in [4.78, 5) is 13.0. The predicted octanol–water partition coefficient (Wildman–Crippen LogP) is 1.33. The van der Waals surface area contributed by atoms with Gasteiger partial charge >= 0.3 is 0 Å². The summed E-state index contributed by atoms with van der Waals surface area (Å²) in [7, 11) is 6.00. The van der Waals surface area contributed by atoms with Crippen LogP contribution in [0.15, 0.2) is 9.98 Å². The Morgan fingerprint density at radius 3 is 2.59 bits per heavy atom. The number of nitrogens with zero attached hydrogens (tertiary/aromatic N) is 4. The van der Waals surface area contributed by atoms with Crippen LogP contribution in [0.1, 0.15) is 33.1 Å². The predicted molar refractivity (Wildman–Crippen MR) is 73.3 cm³/mol. The molecule has 1 heterocycles. The van der Waals surface area contributed by atoms with Gasteiger partial charge in [0.15, 0.2) is 0 Å². The van der Waals surface area contributed by atoms with E-state index in [1.165, 1.54) is 19.3 Å². The minimum atomic E-state index is -0.00252. The minimum Gasteiger partial charge on any atom is -0.356 e. The van der Waals surface area contributed by atoms with Gasteiger partial charge in [0.1, 0.15) is 6.17 Å². The number of hydrogen-bond acceptors (Lipinski definition) is 5. The Labute approximate surface area is 105 Å². The zero-order chi connectivity index (χ0) is 12.8. The topological polar surface area (TPSA) is 43.2 Å². The maximum atomic E-state index is 4.51. The van der Waals surface area contributed by atoms with E-state index in [0.717, 1.165) is 18.5 Å². The Hall–Kier alpha value is -1.26. The van der Waals surface area contributed by atoms with Crippen LogP contribution >= 0.6 is 0 Å². The highest BCUT2D eigenvalue weighted by atomic mass is 15.4. The lowest BCUT2D eigenvalue weighted by Gasteiger charge is -2.31. The second-order valence-electron chi connectivity index (χ2n) is 4.60. The van der Waals surface area contributed by atoms with Crippen LogP contribution in [-0.4, -0.2) is 55.6 Å². The molecule has 1 atom stereocenters. The Balaban J connectivity index is 2.54. The molecule has 0 amide bonds. The largest absolute Gasteiger partial charge is 0.356 e. The average Bonchev–Trinajstić information content (AvgIpc) is 2.28. The summed E-state index contributed by atoms with van der Waals surface area (Å²) in [6, 6.07) is 0. The second kappa shape index (κ2) is 6.47. The number of unbranched alkanes of at least 4 members (excludes halogenated alkanes) is 2. The minimum absolute atomic E-state index is 0.00252. The molecule has 1 unspecified atom stereocenters. The monoisotopic (exact) mass is 239 g/mol. The summed E-state index contributed by atoms with van der Waals surface area (Å²) < 4.78 is 0. The van der Waals surface area contributed by atoms with Crippen molar-refractivity contribution < 1.29 is 0 Å². The quantitative estimate of drug-likeness (QED) is 0.753. The molecule has 1 N–H and O–H groups in total. The van der Waals surface area contributed by atoms with Gasteiger partial charge in [-0.15, -0.1) is 0 Å². The average molecular weight is 239 g/mol. The van der Waals surface area contributed by atoms with Gasteiger partial charge in [0.25, 0.3) is 0 Å². The Bertz CT molecular complexity index is 295. The number of guanidine groups is 2. The molecule has 17 heavy (non-hydrogen) atoms. The van der Waals surface area contributed by atoms with E-state index in [2.05, 4.69) is 22.2 Å². The highest BCUT2D eigenvalue weighted by Gasteiger charge is 2.20. The molecule has 5 heteroatoms. The van der Waals surface area contributed by atoms with Crippen molar-refractivity contribution in [2.75, 3.05) is 27.7 Å². The van der Waals surface area contributed by atoms with E-state index in [0.29, 0.717) is 0 Å². The first-order chi connectivity index (χ1) is 8.06.